The third-order valence-electron chi connectivity index (χ3n) is 3.00. The number of carbonyl (C=O) groups excluding carboxylic acids is 1. The van der Waals surface area contributed by atoms with Crippen LogP contribution in [-0.4, -0.2) is 15.8 Å². The van der Waals surface area contributed by atoms with Crippen LogP contribution in [0.4, 0.5) is 5.69 Å². The van der Waals surface area contributed by atoms with Crippen LogP contribution in [0.15, 0.2) is 18.2 Å². The summed E-state index contributed by atoms with van der Waals surface area (Å²) in [5.41, 5.74) is -0.128. The standard InChI is InChI=1S/C14H19NO4/c1-2-3-4-5-6-7-13(16)11-8-9-14(17)12(10-11)15(18)19/h8-10,17H,2-7H2,1H3. The molecule has 0 radical (unpaired) electrons. The van der Waals surface area contributed by atoms with Crippen LogP contribution in [0.1, 0.15) is 55.8 Å². The highest BCUT2D eigenvalue weighted by molar-refractivity contribution is 5.96. The Morgan fingerprint density at radius 1 is 1.26 bits per heavy atom. The molecule has 19 heavy (non-hydrogen) atoms. The van der Waals surface area contributed by atoms with Crippen LogP contribution in [-0.2, 0) is 0 Å². The van der Waals surface area contributed by atoms with Crippen molar-refractivity contribution in [2.45, 2.75) is 45.4 Å². The molecule has 0 heterocycles. The van der Waals surface area contributed by atoms with Crippen LogP contribution >= 0.6 is 0 Å². The summed E-state index contributed by atoms with van der Waals surface area (Å²) in [7, 11) is 0. The molecule has 1 aromatic carbocycles. The van der Waals surface area contributed by atoms with Gasteiger partial charge >= 0.3 is 5.69 Å². The summed E-state index contributed by atoms with van der Waals surface area (Å²) < 4.78 is 0. The number of phenolic OH excluding ortho intramolecular Hbond substituents is 1. The first-order valence-electron chi connectivity index (χ1n) is 6.57. The van der Waals surface area contributed by atoms with Gasteiger partial charge in [-0.15, -0.1) is 0 Å². The second-order valence-corrected chi connectivity index (χ2v) is 4.55. The number of nitro benzene ring substituents is 1. The van der Waals surface area contributed by atoms with Crippen LogP contribution in [0.5, 0.6) is 5.75 Å². The Morgan fingerprint density at radius 3 is 2.58 bits per heavy atom. The van der Waals surface area contributed by atoms with Crippen molar-refractivity contribution in [1.82, 2.24) is 0 Å². The number of ketones is 1. The van der Waals surface area contributed by atoms with Crippen molar-refractivity contribution >= 4 is 11.5 Å². The van der Waals surface area contributed by atoms with E-state index in [9.17, 15) is 20.0 Å². The molecule has 0 spiro atoms. The highest BCUT2D eigenvalue weighted by atomic mass is 16.6. The van der Waals surface area contributed by atoms with Crippen molar-refractivity contribution in [2.75, 3.05) is 0 Å². The second-order valence-electron chi connectivity index (χ2n) is 4.55. The van der Waals surface area contributed by atoms with Gasteiger partial charge in [0.15, 0.2) is 11.5 Å². The molecule has 0 unspecified atom stereocenters. The number of aromatic hydroxyl groups is 1. The first kappa shape index (κ1) is 15.1. The van der Waals surface area contributed by atoms with E-state index in [1.807, 2.05) is 0 Å². The number of carbonyl (C=O) groups is 1. The van der Waals surface area contributed by atoms with Gasteiger partial charge in [-0.05, 0) is 18.6 Å². The van der Waals surface area contributed by atoms with E-state index in [4.69, 9.17) is 0 Å². The number of nitrogens with zero attached hydrogens (tertiary/aromatic N) is 1. The van der Waals surface area contributed by atoms with Crippen molar-refractivity contribution < 1.29 is 14.8 Å². The lowest BCUT2D eigenvalue weighted by atomic mass is 10.0. The van der Waals surface area contributed by atoms with Crippen molar-refractivity contribution in [3.8, 4) is 5.75 Å². The van der Waals surface area contributed by atoms with E-state index < -0.39 is 16.4 Å². The van der Waals surface area contributed by atoms with Crippen molar-refractivity contribution in [3.63, 3.8) is 0 Å². The Hall–Kier alpha value is -1.91. The van der Waals surface area contributed by atoms with Gasteiger partial charge in [0.2, 0.25) is 0 Å². The molecule has 104 valence electrons. The van der Waals surface area contributed by atoms with E-state index in [0.29, 0.717) is 12.0 Å². The Labute approximate surface area is 112 Å². The average molecular weight is 265 g/mol. The number of unbranched alkanes of at least 4 members (excludes halogenated alkanes) is 4. The fraction of sp³-hybridized carbons (Fsp3) is 0.500. The summed E-state index contributed by atoms with van der Waals surface area (Å²) in [5.74, 6) is -0.524. The number of benzene rings is 1. The zero-order valence-corrected chi connectivity index (χ0v) is 11.1. The van der Waals surface area contributed by atoms with Gasteiger partial charge in [0.05, 0.1) is 4.92 Å². The van der Waals surface area contributed by atoms with Crippen LogP contribution in [0.25, 0.3) is 0 Å². The molecule has 0 fully saturated rings. The Bertz CT molecular complexity index is 457. The van der Waals surface area contributed by atoms with Gasteiger partial charge in [-0.3, -0.25) is 14.9 Å². The fourth-order valence-corrected chi connectivity index (χ4v) is 1.88. The minimum atomic E-state index is -0.687. The minimum Gasteiger partial charge on any atom is -0.502 e. The fourth-order valence-electron chi connectivity index (χ4n) is 1.88. The predicted octanol–water partition coefficient (Wildman–Crippen LogP) is 3.84. The van der Waals surface area contributed by atoms with Crippen LogP contribution in [0.3, 0.4) is 0 Å². The molecular formula is C14H19NO4. The molecule has 0 amide bonds. The summed E-state index contributed by atoms with van der Waals surface area (Å²) >= 11 is 0. The molecule has 0 aromatic heterocycles. The monoisotopic (exact) mass is 265 g/mol. The van der Waals surface area contributed by atoms with E-state index in [-0.39, 0.29) is 5.78 Å². The minimum absolute atomic E-state index is 0.111. The number of hydrogen-bond donors (Lipinski definition) is 1. The Balaban J connectivity index is 2.57. The van der Waals surface area contributed by atoms with Gasteiger partial charge in [0.1, 0.15) is 0 Å². The Kier molecular flexibility index (Phi) is 5.99. The second kappa shape index (κ2) is 7.51. The molecule has 0 saturated heterocycles. The number of Topliss-reactive ketones (excluding diaryl/α,β-unsaturated/α-hetero) is 1. The van der Waals surface area contributed by atoms with Crippen LogP contribution in [0.2, 0.25) is 0 Å². The zero-order valence-electron chi connectivity index (χ0n) is 11.1. The average Bonchev–Trinajstić information content (AvgIpc) is 2.38. The van der Waals surface area contributed by atoms with Crippen LogP contribution in [0, 0.1) is 10.1 Å². The van der Waals surface area contributed by atoms with Gasteiger partial charge < -0.3 is 5.11 Å². The van der Waals surface area contributed by atoms with E-state index in [1.54, 1.807) is 0 Å². The van der Waals surface area contributed by atoms with E-state index >= 15 is 0 Å². The molecule has 1 N–H and O–H groups in total. The maximum absolute atomic E-state index is 11.9. The first-order chi connectivity index (χ1) is 9.06. The maximum atomic E-state index is 11.9. The molecule has 0 aliphatic heterocycles. The van der Waals surface area contributed by atoms with Gasteiger partial charge in [-0.2, -0.15) is 0 Å². The lowest BCUT2D eigenvalue weighted by Crippen LogP contribution is -2.00. The van der Waals surface area contributed by atoms with E-state index in [2.05, 4.69) is 6.92 Å². The SMILES string of the molecule is CCCCCCCC(=O)c1ccc(O)c([N+](=O)[O-])c1. The number of hydrogen-bond acceptors (Lipinski definition) is 4. The quantitative estimate of drug-likeness (QED) is 0.335. The molecule has 0 atom stereocenters. The summed E-state index contributed by atoms with van der Waals surface area (Å²) in [6.45, 7) is 2.13. The smallest absolute Gasteiger partial charge is 0.311 e. The van der Waals surface area contributed by atoms with Crippen molar-refractivity contribution in [1.29, 1.82) is 0 Å². The molecule has 0 bridgehead atoms. The third-order valence-corrected chi connectivity index (χ3v) is 3.00. The van der Waals surface area contributed by atoms with Crippen molar-refractivity contribution in [3.05, 3.63) is 33.9 Å². The lowest BCUT2D eigenvalue weighted by Gasteiger charge is -2.02. The molecule has 5 heteroatoms. The molecule has 0 aliphatic rings. The summed E-state index contributed by atoms with van der Waals surface area (Å²) in [6.07, 6.45) is 5.62. The highest BCUT2D eigenvalue weighted by Crippen LogP contribution is 2.27. The summed E-state index contributed by atoms with van der Waals surface area (Å²) in [5, 5.41) is 20.0. The lowest BCUT2D eigenvalue weighted by molar-refractivity contribution is -0.385. The van der Waals surface area contributed by atoms with Gasteiger partial charge in [-0.25, -0.2) is 0 Å². The highest BCUT2D eigenvalue weighted by Gasteiger charge is 2.16. The zero-order chi connectivity index (χ0) is 14.3. The Morgan fingerprint density at radius 2 is 1.95 bits per heavy atom. The molecule has 1 aromatic rings. The third kappa shape index (κ3) is 4.69. The molecule has 0 aliphatic carbocycles. The molecule has 1 rings (SSSR count). The van der Waals surface area contributed by atoms with Crippen molar-refractivity contribution in [2.24, 2.45) is 0 Å². The van der Waals surface area contributed by atoms with E-state index in [0.717, 1.165) is 31.7 Å². The number of rotatable bonds is 8. The predicted molar refractivity (Wildman–Crippen MR) is 72.5 cm³/mol. The number of nitro groups is 1. The molecular weight excluding hydrogens is 246 g/mol. The van der Waals surface area contributed by atoms with Crippen LogP contribution < -0.4 is 0 Å². The largest absolute Gasteiger partial charge is 0.502 e. The molecule has 5 nitrogen and oxygen atoms in total. The van der Waals surface area contributed by atoms with E-state index in [1.165, 1.54) is 18.6 Å². The first-order valence-corrected chi connectivity index (χ1v) is 6.57. The topological polar surface area (TPSA) is 80.4 Å². The van der Waals surface area contributed by atoms with Gasteiger partial charge in [0, 0.05) is 18.1 Å². The summed E-state index contributed by atoms with van der Waals surface area (Å²) in [6, 6.07) is 3.77. The normalized spacial score (nSPS) is 10.4. The summed E-state index contributed by atoms with van der Waals surface area (Å²) in [4.78, 5) is 21.8. The maximum Gasteiger partial charge on any atom is 0.311 e. The van der Waals surface area contributed by atoms with Gasteiger partial charge in [-0.1, -0.05) is 32.6 Å². The molecule has 0 saturated carbocycles. The number of phenols is 1. The van der Waals surface area contributed by atoms with Gasteiger partial charge in [0.25, 0.3) is 0 Å².